The summed E-state index contributed by atoms with van der Waals surface area (Å²) in [6.07, 6.45) is 3.83. The van der Waals surface area contributed by atoms with Crippen LogP contribution in [0.25, 0.3) is 0 Å². The second kappa shape index (κ2) is 6.31. The highest BCUT2D eigenvalue weighted by Gasteiger charge is 2.15. The molecular weight excluding hydrogens is 224 g/mol. The first kappa shape index (κ1) is 12.8. The molecule has 0 bridgehead atoms. The molecular formula is C14H20N4. The van der Waals surface area contributed by atoms with Crippen LogP contribution in [0.2, 0.25) is 0 Å². The van der Waals surface area contributed by atoms with Crippen molar-refractivity contribution >= 4 is 0 Å². The van der Waals surface area contributed by atoms with Gasteiger partial charge in [-0.3, -0.25) is 5.10 Å². The van der Waals surface area contributed by atoms with E-state index in [0.717, 1.165) is 25.2 Å². The van der Waals surface area contributed by atoms with Gasteiger partial charge in [0.05, 0.1) is 6.04 Å². The van der Waals surface area contributed by atoms with Gasteiger partial charge in [-0.15, -0.1) is 0 Å². The molecule has 1 atom stereocenters. The number of nitrogens with one attached hydrogen (secondary N) is 2. The van der Waals surface area contributed by atoms with Gasteiger partial charge in [-0.05, 0) is 24.1 Å². The van der Waals surface area contributed by atoms with E-state index in [2.05, 4.69) is 58.6 Å². The zero-order valence-electron chi connectivity index (χ0n) is 11.0. The lowest BCUT2D eigenvalue weighted by atomic mass is 10.0. The van der Waals surface area contributed by atoms with E-state index in [1.807, 2.05) is 0 Å². The van der Waals surface area contributed by atoms with Crippen LogP contribution in [0.15, 0.2) is 30.6 Å². The van der Waals surface area contributed by atoms with Crippen LogP contribution in [0.4, 0.5) is 0 Å². The van der Waals surface area contributed by atoms with Crippen molar-refractivity contribution in [1.29, 1.82) is 0 Å². The fourth-order valence-corrected chi connectivity index (χ4v) is 2.15. The zero-order chi connectivity index (χ0) is 12.8. The molecule has 0 saturated carbocycles. The molecule has 96 valence electrons. The first-order valence-electron chi connectivity index (χ1n) is 6.52. The minimum atomic E-state index is 0.0920. The molecule has 0 aliphatic heterocycles. The van der Waals surface area contributed by atoms with Crippen LogP contribution in [-0.4, -0.2) is 21.7 Å². The quantitative estimate of drug-likeness (QED) is 0.820. The molecule has 2 N–H and O–H groups in total. The average Bonchev–Trinajstić information content (AvgIpc) is 2.90. The number of aromatic nitrogens is 3. The Morgan fingerprint density at radius 2 is 2.22 bits per heavy atom. The van der Waals surface area contributed by atoms with Crippen molar-refractivity contribution in [2.75, 3.05) is 6.54 Å². The van der Waals surface area contributed by atoms with Crippen molar-refractivity contribution in [3.05, 3.63) is 47.5 Å². The van der Waals surface area contributed by atoms with Gasteiger partial charge in [-0.25, -0.2) is 4.98 Å². The molecule has 1 aromatic heterocycles. The van der Waals surface area contributed by atoms with E-state index in [1.165, 1.54) is 11.1 Å². The van der Waals surface area contributed by atoms with E-state index in [9.17, 15) is 0 Å². The lowest BCUT2D eigenvalue weighted by Crippen LogP contribution is -2.23. The number of benzene rings is 1. The van der Waals surface area contributed by atoms with Gasteiger partial charge >= 0.3 is 0 Å². The van der Waals surface area contributed by atoms with Gasteiger partial charge in [0.1, 0.15) is 12.2 Å². The summed E-state index contributed by atoms with van der Waals surface area (Å²) in [6, 6.07) is 8.76. The second-order valence-electron chi connectivity index (χ2n) is 4.36. The van der Waals surface area contributed by atoms with Gasteiger partial charge in [0.2, 0.25) is 0 Å². The Morgan fingerprint density at radius 1 is 1.33 bits per heavy atom. The number of rotatable bonds is 6. The van der Waals surface area contributed by atoms with Gasteiger partial charge in [-0.1, -0.05) is 44.5 Å². The van der Waals surface area contributed by atoms with Gasteiger partial charge in [0.15, 0.2) is 0 Å². The molecule has 18 heavy (non-hydrogen) atoms. The molecule has 0 saturated heterocycles. The maximum absolute atomic E-state index is 4.26. The Bertz CT molecular complexity index is 464. The van der Waals surface area contributed by atoms with Crippen LogP contribution in [0.1, 0.15) is 43.3 Å². The fraction of sp³-hybridized carbons (Fsp3) is 0.429. The normalized spacial score (nSPS) is 12.6. The van der Waals surface area contributed by atoms with Crippen LogP contribution in [0, 0.1) is 0 Å². The molecule has 4 nitrogen and oxygen atoms in total. The molecule has 0 fully saturated rings. The predicted octanol–water partition coefficient (Wildman–Crippen LogP) is 2.46. The molecule has 1 unspecified atom stereocenters. The molecule has 0 radical (unpaired) electrons. The lowest BCUT2D eigenvalue weighted by molar-refractivity contribution is 0.599. The molecule has 4 heteroatoms. The third-order valence-corrected chi connectivity index (χ3v) is 2.94. The lowest BCUT2D eigenvalue weighted by Gasteiger charge is -2.16. The maximum Gasteiger partial charge on any atom is 0.145 e. The highest BCUT2D eigenvalue weighted by molar-refractivity contribution is 5.29. The monoisotopic (exact) mass is 244 g/mol. The summed E-state index contributed by atoms with van der Waals surface area (Å²) in [7, 11) is 0. The standard InChI is InChI=1S/C14H20N4/c1-3-6-11-7-5-8-12(9-11)13(15-4-2)14-16-10-17-18-14/h5,7-10,13,15H,3-4,6H2,1-2H3,(H,16,17,18). The molecule has 0 amide bonds. The van der Waals surface area contributed by atoms with Crippen molar-refractivity contribution in [1.82, 2.24) is 20.5 Å². The highest BCUT2D eigenvalue weighted by Crippen LogP contribution is 2.20. The molecule has 2 rings (SSSR count). The van der Waals surface area contributed by atoms with Crippen LogP contribution < -0.4 is 5.32 Å². The summed E-state index contributed by atoms with van der Waals surface area (Å²) in [5.41, 5.74) is 2.61. The number of aromatic amines is 1. The van der Waals surface area contributed by atoms with E-state index in [-0.39, 0.29) is 6.04 Å². The van der Waals surface area contributed by atoms with Gasteiger partial charge in [-0.2, -0.15) is 5.10 Å². The Labute approximate surface area is 108 Å². The third-order valence-electron chi connectivity index (χ3n) is 2.94. The summed E-state index contributed by atoms with van der Waals surface area (Å²) in [4.78, 5) is 4.26. The second-order valence-corrected chi connectivity index (χ2v) is 4.36. The van der Waals surface area contributed by atoms with Gasteiger partial charge in [0.25, 0.3) is 0 Å². The van der Waals surface area contributed by atoms with Crippen LogP contribution in [0.5, 0.6) is 0 Å². The van der Waals surface area contributed by atoms with E-state index in [0.29, 0.717) is 0 Å². The Hall–Kier alpha value is -1.68. The van der Waals surface area contributed by atoms with Crippen molar-refractivity contribution in [3.8, 4) is 0 Å². The number of nitrogens with zero attached hydrogens (tertiary/aromatic N) is 2. The van der Waals surface area contributed by atoms with Crippen LogP contribution in [0.3, 0.4) is 0 Å². The fourth-order valence-electron chi connectivity index (χ4n) is 2.15. The Balaban J connectivity index is 2.27. The van der Waals surface area contributed by atoms with E-state index >= 15 is 0 Å². The van der Waals surface area contributed by atoms with Gasteiger partial charge in [0, 0.05) is 0 Å². The SMILES string of the molecule is CCCc1cccc(C(NCC)c2ncn[nH]2)c1. The van der Waals surface area contributed by atoms with Crippen molar-refractivity contribution in [2.45, 2.75) is 32.7 Å². The van der Waals surface area contributed by atoms with Crippen molar-refractivity contribution < 1.29 is 0 Å². The van der Waals surface area contributed by atoms with Crippen LogP contribution in [-0.2, 0) is 6.42 Å². The molecule has 0 spiro atoms. The molecule has 2 aromatic rings. The molecule has 0 aliphatic rings. The average molecular weight is 244 g/mol. The number of hydrogen-bond acceptors (Lipinski definition) is 3. The van der Waals surface area contributed by atoms with E-state index < -0.39 is 0 Å². The summed E-state index contributed by atoms with van der Waals surface area (Å²) in [6.45, 7) is 5.19. The Kier molecular flexibility index (Phi) is 4.47. The minimum Gasteiger partial charge on any atom is -0.304 e. The van der Waals surface area contributed by atoms with Crippen LogP contribution >= 0.6 is 0 Å². The molecule has 1 heterocycles. The van der Waals surface area contributed by atoms with E-state index in [4.69, 9.17) is 0 Å². The highest BCUT2D eigenvalue weighted by atomic mass is 15.2. The first-order valence-corrected chi connectivity index (χ1v) is 6.52. The first-order chi connectivity index (χ1) is 8.85. The van der Waals surface area contributed by atoms with E-state index in [1.54, 1.807) is 6.33 Å². The topological polar surface area (TPSA) is 53.6 Å². The van der Waals surface area contributed by atoms with Gasteiger partial charge < -0.3 is 5.32 Å². The Morgan fingerprint density at radius 3 is 2.89 bits per heavy atom. The summed E-state index contributed by atoms with van der Waals surface area (Å²) < 4.78 is 0. The number of aryl methyl sites for hydroxylation is 1. The largest absolute Gasteiger partial charge is 0.304 e. The smallest absolute Gasteiger partial charge is 0.145 e. The van der Waals surface area contributed by atoms with Crippen molar-refractivity contribution in [2.24, 2.45) is 0 Å². The summed E-state index contributed by atoms with van der Waals surface area (Å²) in [5.74, 6) is 0.866. The summed E-state index contributed by atoms with van der Waals surface area (Å²) in [5, 5.41) is 10.3. The molecule has 0 aliphatic carbocycles. The maximum atomic E-state index is 4.26. The predicted molar refractivity (Wildman–Crippen MR) is 72.3 cm³/mol. The number of hydrogen-bond donors (Lipinski definition) is 2. The summed E-state index contributed by atoms with van der Waals surface area (Å²) >= 11 is 0. The van der Waals surface area contributed by atoms with Crippen molar-refractivity contribution in [3.63, 3.8) is 0 Å². The minimum absolute atomic E-state index is 0.0920. The third kappa shape index (κ3) is 2.96. The zero-order valence-corrected chi connectivity index (χ0v) is 11.0. The number of H-pyrrole nitrogens is 1. The molecule has 1 aromatic carbocycles.